The molecule has 1 aromatic carbocycles. The van der Waals surface area contributed by atoms with Crippen molar-refractivity contribution in [1.82, 2.24) is 19.9 Å². The van der Waals surface area contributed by atoms with Crippen LogP contribution in [0.15, 0.2) is 18.3 Å². The van der Waals surface area contributed by atoms with Gasteiger partial charge in [0.1, 0.15) is 17.0 Å². The van der Waals surface area contributed by atoms with Crippen LogP contribution < -0.4 is 11.1 Å². The normalized spacial score (nSPS) is 26.7. The summed E-state index contributed by atoms with van der Waals surface area (Å²) < 4.78 is 15.4. The van der Waals surface area contributed by atoms with Crippen molar-refractivity contribution >= 4 is 22.6 Å². The number of primary amides is 1. The first-order valence-corrected chi connectivity index (χ1v) is 7.34. The SMILES string of the molecule is NC(=O)c1cc(F)cc2[nH]c3c(C4C5CNCC54)cnn3c12. The van der Waals surface area contributed by atoms with Crippen LogP contribution in [0.1, 0.15) is 21.8 Å². The summed E-state index contributed by atoms with van der Waals surface area (Å²) in [5.41, 5.74) is 8.59. The molecule has 2 fully saturated rings. The summed E-state index contributed by atoms with van der Waals surface area (Å²) in [4.78, 5) is 14.8. The topological polar surface area (TPSA) is 88.2 Å². The van der Waals surface area contributed by atoms with Crippen LogP contribution in [0.4, 0.5) is 4.39 Å². The van der Waals surface area contributed by atoms with Crippen LogP contribution in [0.25, 0.3) is 16.7 Å². The van der Waals surface area contributed by atoms with Crippen LogP contribution in [-0.2, 0) is 0 Å². The highest BCUT2D eigenvalue weighted by Gasteiger charge is 2.54. The molecule has 5 rings (SSSR count). The molecule has 6 nitrogen and oxygen atoms in total. The van der Waals surface area contributed by atoms with E-state index in [0.717, 1.165) is 30.4 Å². The Morgan fingerprint density at radius 1 is 1.36 bits per heavy atom. The number of carbonyl (C=O) groups is 1. The molecule has 2 atom stereocenters. The largest absolute Gasteiger partial charge is 0.366 e. The van der Waals surface area contributed by atoms with E-state index in [1.807, 2.05) is 6.20 Å². The summed E-state index contributed by atoms with van der Waals surface area (Å²) in [7, 11) is 0. The second-order valence-corrected chi connectivity index (χ2v) is 6.21. The standard InChI is InChI=1S/C15H14FN5O/c16-6-1-7(14(17)22)13-11(2-6)20-15-10(5-19-21(13)15)12-8-3-18-4-9(8)12/h1-2,5,8-9,12,18,20H,3-4H2,(H2,17,22). The molecule has 7 heteroatoms. The first-order valence-electron chi connectivity index (χ1n) is 7.34. The highest BCUT2D eigenvalue weighted by Crippen LogP contribution is 2.56. The number of fused-ring (bicyclic) bond motifs is 4. The molecular formula is C15H14FN5O. The average Bonchev–Trinajstić information content (AvgIpc) is 2.90. The molecule has 3 aromatic rings. The van der Waals surface area contributed by atoms with Crippen molar-refractivity contribution in [2.24, 2.45) is 17.6 Å². The van der Waals surface area contributed by atoms with Crippen molar-refractivity contribution < 1.29 is 9.18 Å². The lowest BCUT2D eigenvalue weighted by atomic mass is 10.1. The van der Waals surface area contributed by atoms with Crippen LogP contribution >= 0.6 is 0 Å². The number of nitrogens with zero attached hydrogens (tertiary/aromatic N) is 2. The van der Waals surface area contributed by atoms with Gasteiger partial charge in [-0.1, -0.05) is 0 Å². The summed E-state index contributed by atoms with van der Waals surface area (Å²) in [6.45, 7) is 2.07. The zero-order valence-electron chi connectivity index (χ0n) is 11.6. The first-order chi connectivity index (χ1) is 10.6. The van der Waals surface area contributed by atoms with Crippen LogP contribution in [0.5, 0.6) is 0 Å². The van der Waals surface area contributed by atoms with E-state index in [1.54, 1.807) is 4.52 Å². The number of imidazole rings is 1. The maximum Gasteiger partial charge on any atom is 0.251 e. The Morgan fingerprint density at radius 3 is 2.86 bits per heavy atom. The Labute approximate surface area is 124 Å². The van der Waals surface area contributed by atoms with Crippen LogP contribution in [0.3, 0.4) is 0 Å². The predicted octanol–water partition coefficient (Wildman–Crippen LogP) is 0.986. The van der Waals surface area contributed by atoms with Gasteiger partial charge in [-0.25, -0.2) is 8.91 Å². The lowest BCUT2D eigenvalue weighted by molar-refractivity contribution is 0.100. The number of carbonyl (C=O) groups excluding carboxylic acids is 1. The van der Waals surface area contributed by atoms with Crippen LogP contribution in [0, 0.1) is 17.7 Å². The number of piperidine rings is 1. The van der Waals surface area contributed by atoms with Gasteiger partial charge in [0.25, 0.3) is 5.91 Å². The number of hydrogen-bond donors (Lipinski definition) is 3. The number of nitrogens with one attached hydrogen (secondary N) is 2. The van der Waals surface area contributed by atoms with Gasteiger partial charge in [-0.15, -0.1) is 0 Å². The summed E-state index contributed by atoms with van der Waals surface area (Å²) in [5, 5.41) is 7.77. The van der Waals surface area contributed by atoms with E-state index >= 15 is 0 Å². The third-order valence-corrected chi connectivity index (χ3v) is 5.05. The zero-order valence-corrected chi connectivity index (χ0v) is 11.6. The molecule has 1 amide bonds. The van der Waals surface area contributed by atoms with Crippen molar-refractivity contribution in [2.45, 2.75) is 5.92 Å². The number of aromatic amines is 1. The number of nitrogens with two attached hydrogens (primary N) is 1. The Kier molecular flexibility index (Phi) is 2.14. The number of amides is 1. The zero-order chi connectivity index (χ0) is 15.0. The minimum atomic E-state index is -0.657. The summed E-state index contributed by atoms with van der Waals surface area (Å²) in [6.07, 6.45) is 1.85. The van der Waals surface area contributed by atoms with E-state index < -0.39 is 11.7 Å². The van der Waals surface area contributed by atoms with Crippen molar-refractivity contribution in [3.05, 3.63) is 35.3 Å². The summed E-state index contributed by atoms with van der Waals surface area (Å²) >= 11 is 0. The monoisotopic (exact) mass is 299 g/mol. The van der Waals surface area contributed by atoms with Gasteiger partial charge >= 0.3 is 0 Å². The minimum Gasteiger partial charge on any atom is -0.366 e. The first kappa shape index (κ1) is 12.2. The average molecular weight is 299 g/mol. The number of H-pyrrole nitrogens is 1. The molecule has 3 heterocycles. The second kappa shape index (κ2) is 3.86. The molecule has 0 spiro atoms. The van der Waals surface area contributed by atoms with Gasteiger partial charge in [0.05, 0.1) is 17.3 Å². The van der Waals surface area contributed by atoms with Gasteiger partial charge < -0.3 is 16.0 Å². The molecule has 0 radical (unpaired) electrons. The minimum absolute atomic E-state index is 0.147. The third kappa shape index (κ3) is 1.41. The fraction of sp³-hybridized carbons (Fsp3) is 0.333. The molecule has 2 aliphatic rings. The van der Waals surface area contributed by atoms with E-state index in [9.17, 15) is 9.18 Å². The Bertz CT molecular complexity index is 932. The number of rotatable bonds is 2. The summed E-state index contributed by atoms with van der Waals surface area (Å²) in [5.74, 6) is 0.669. The third-order valence-electron chi connectivity index (χ3n) is 5.05. The quantitative estimate of drug-likeness (QED) is 0.659. The molecule has 2 unspecified atom stereocenters. The van der Waals surface area contributed by atoms with Gasteiger partial charge in [0, 0.05) is 5.56 Å². The van der Waals surface area contributed by atoms with E-state index in [2.05, 4.69) is 15.4 Å². The molecule has 22 heavy (non-hydrogen) atoms. The molecule has 1 aliphatic carbocycles. The molecule has 1 saturated carbocycles. The fourth-order valence-electron chi connectivity index (χ4n) is 4.02. The van der Waals surface area contributed by atoms with Crippen molar-refractivity contribution in [1.29, 1.82) is 0 Å². The van der Waals surface area contributed by atoms with Crippen molar-refractivity contribution in [3.8, 4) is 0 Å². The lowest BCUT2D eigenvalue weighted by Gasteiger charge is -2.00. The van der Waals surface area contributed by atoms with Crippen LogP contribution in [0.2, 0.25) is 0 Å². The lowest BCUT2D eigenvalue weighted by Crippen LogP contribution is -2.13. The maximum absolute atomic E-state index is 13.7. The Balaban J connectivity index is 1.76. The Morgan fingerprint density at radius 2 is 2.14 bits per heavy atom. The van der Waals surface area contributed by atoms with Gasteiger partial charge in [0.2, 0.25) is 0 Å². The summed E-state index contributed by atoms with van der Waals surface area (Å²) in [6, 6.07) is 2.53. The molecular weight excluding hydrogens is 285 g/mol. The highest BCUT2D eigenvalue weighted by atomic mass is 19.1. The van der Waals surface area contributed by atoms with E-state index in [4.69, 9.17) is 5.73 Å². The van der Waals surface area contributed by atoms with Crippen LogP contribution in [-0.4, -0.2) is 33.6 Å². The molecule has 2 aromatic heterocycles. The van der Waals surface area contributed by atoms with Crippen molar-refractivity contribution in [2.75, 3.05) is 13.1 Å². The predicted molar refractivity (Wildman–Crippen MR) is 78.1 cm³/mol. The smallest absolute Gasteiger partial charge is 0.251 e. The molecule has 1 aliphatic heterocycles. The number of aromatic nitrogens is 3. The number of benzene rings is 1. The van der Waals surface area contributed by atoms with Crippen molar-refractivity contribution in [3.63, 3.8) is 0 Å². The molecule has 112 valence electrons. The number of hydrogen-bond acceptors (Lipinski definition) is 3. The van der Waals surface area contributed by atoms with Gasteiger partial charge in [0.15, 0.2) is 0 Å². The van der Waals surface area contributed by atoms with Gasteiger partial charge in [-0.05, 0) is 43.0 Å². The van der Waals surface area contributed by atoms with E-state index in [1.165, 1.54) is 6.07 Å². The second-order valence-electron chi connectivity index (χ2n) is 6.21. The van der Waals surface area contributed by atoms with Gasteiger partial charge in [-0.3, -0.25) is 4.79 Å². The Hall–Kier alpha value is -2.41. The molecule has 4 N–H and O–H groups in total. The number of halogens is 1. The van der Waals surface area contributed by atoms with E-state index in [-0.39, 0.29) is 5.56 Å². The maximum atomic E-state index is 13.7. The molecule has 1 saturated heterocycles. The molecule has 0 bridgehead atoms. The highest BCUT2D eigenvalue weighted by molar-refractivity contribution is 6.05. The van der Waals surface area contributed by atoms with Gasteiger partial charge in [-0.2, -0.15) is 5.10 Å². The fourth-order valence-corrected chi connectivity index (χ4v) is 4.02. The van der Waals surface area contributed by atoms with E-state index in [0.29, 0.717) is 28.8 Å².